The highest BCUT2D eigenvalue weighted by Crippen LogP contribution is 2.10. The molecule has 0 aliphatic heterocycles. The van der Waals surface area contributed by atoms with Crippen LogP contribution in [0.4, 0.5) is 0 Å². The lowest BCUT2D eigenvalue weighted by molar-refractivity contribution is -0.127. The van der Waals surface area contributed by atoms with Crippen LogP contribution in [0.5, 0.6) is 0 Å². The molecular weight excluding hydrogens is 298 g/mol. The van der Waals surface area contributed by atoms with E-state index in [1.54, 1.807) is 0 Å². The van der Waals surface area contributed by atoms with Crippen LogP contribution in [0, 0.1) is 0 Å². The fourth-order valence-corrected chi connectivity index (χ4v) is 2.52. The summed E-state index contributed by atoms with van der Waals surface area (Å²) in [5.74, 6) is -0.365. The van der Waals surface area contributed by atoms with Gasteiger partial charge in [-0.15, -0.1) is 0 Å². The van der Waals surface area contributed by atoms with Crippen LogP contribution in [0.15, 0.2) is 35.5 Å². The van der Waals surface area contributed by atoms with Crippen molar-refractivity contribution in [1.29, 1.82) is 0 Å². The van der Waals surface area contributed by atoms with Crippen molar-refractivity contribution in [2.24, 2.45) is 5.16 Å². The minimum Gasteiger partial charge on any atom is -0.515 e. The Morgan fingerprint density at radius 1 is 1.00 bits per heavy atom. The maximum Gasteiger partial charge on any atom is 0.343 e. The van der Waals surface area contributed by atoms with E-state index in [0.29, 0.717) is 12.1 Å². The smallest absolute Gasteiger partial charge is 0.343 e. The second-order valence-corrected chi connectivity index (χ2v) is 15.7. The Bertz CT molecular complexity index is 502. The van der Waals surface area contributed by atoms with Crippen molar-refractivity contribution in [2.45, 2.75) is 45.7 Å². The summed E-state index contributed by atoms with van der Waals surface area (Å²) in [7, 11) is -3.78. The summed E-state index contributed by atoms with van der Waals surface area (Å²) >= 11 is 0. The highest BCUT2D eigenvalue weighted by Gasteiger charge is 2.25. The SMILES string of the molecule is C[Si](C)(C)O/N=C(/Cc1ccccc1)C(=O)O[Si](C)(C)C. The second kappa shape index (κ2) is 7.04. The third-order valence-corrected chi connectivity index (χ3v) is 3.72. The van der Waals surface area contributed by atoms with Crippen molar-refractivity contribution in [3.63, 3.8) is 0 Å². The summed E-state index contributed by atoms with van der Waals surface area (Å²) in [6.07, 6.45) is 0.425. The number of carbonyl (C=O) groups excluding carboxylic acids is 1. The summed E-state index contributed by atoms with van der Waals surface area (Å²) in [5.41, 5.74) is 1.36. The highest BCUT2D eigenvalue weighted by molar-refractivity contribution is 6.73. The zero-order valence-electron chi connectivity index (χ0n) is 13.8. The molecule has 0 spiro atoms. The zero-order valence-corrected chi connectivity index (χ0v) is 15.8. The molecule has 0 aliphatic carbocycles. The fourth-order valence-electron chi connectivity index (χ4n) is 1.46. The molecule has 0 saturated carbocycles. The number of rotatable bonds is 6. The van der Waals surface area contributed by atoms with Crippen LogP contribution in [0.1, 0.15) is 5.56 Å². The van der Waals surface area contributed by atoms with E-state index >= 15 is 0 Å². The van der Waals surface area contributed by atoms with Crippen LogP contribution in [0.3, 0.4) is 0 Å². The normalized spacial score (nSPS) is 13.0. The van der Waals surface area contributed by atoms with Gasteiger partial charge in [0.25, 0.3) is 8.32 Å². The van der Waals surface area contributed by atoms with E-state index in [4.69, 9.17) is 8.95 Å². The van der Waals surface area contributed by atoms with Crippen LogP contribution >= 0.6 is 0 Å². The average molecular weight is 324 g/mol. The van der Waals surface area contributed by atoms with Gasteiger partial charge in [0, 0.05) is 6.42 Å². The van der Waals surface area contributed by atoms with E-state index in [1.807, 2.05) is 69.6 Å². The van der Waals surface area contributed by atoms with Crippen LogP contribution in [0.2, 0.25) is 39.3 Å². The summed E-state index contributed by atoms with van der Waals surface area (Å²) in [4.78, 5) is 12.3. The summed E-state index contributed by atoms with van der Waals surface area (Å²) in [5, 5.41) is 4.10. The van der Waals surface area contributed by atoms with E-state index in [1.165, 1.54) is 0 Å². The summed E-state index contributed by atoms with van der Waals surface area (Å²) in [6.45, 7) is 12.0. The van der Waals surface area contributed by atoms with Crippen LogP contribution in [-0.4, -0.2) is 28.3 Å². The quantitative estimate of drug-likeness (QED) is 0.454. The van der Waals surface area contributed by atoms with Crippen molar-refractivity contribution in [2.75, 3.05) is 0 Å². The number of oxime groups is 1. The van der Waals surface area contributed by atoms with E-state index in [2.05, 4.69) is 5.16 Å². The van der Waals surface area contributed by atoms with Crippen molar-refractivity contribution < 1.29 is 13.7 Å². The summed E-state index contributed by atoms with van der Waals surface area (Å²) in [6, 6.07) is 9.75. The van der Waals surface area contributed by atoms with Gasteiger partial charge in [-0.3, -0.25) is 0 Å². The minimum absolute atomic E-state index is 0.339. The van der Waals surface area contributed by atoms with E-state index < -0.39 is 16.6 Å². The van der Waals surface area contributed by atoms with E-state index in [9.17, 15) is 4.79 Å². The van der Waals surface area contributed by atoms with Gasteiger partial charge in [0.05, 0.1) is 0 Å². The number of benzene rings is 1. The van der Waals surface area contributed by atoms with Gasteiger partial charge >= 0.3 is 5.97 Å². The maximum absolute atomic E-state index is 12.3. The standard InChI is InChI=1S/C15H25NO3Si2/c1-20(2,3)18-15(17)14(16-19-21(4,5)6)12-13-10-8-7-9-11-13/h7-11H,12H2,1-6H3/b16-14-. The molecule has 4 nitrogen and oxygen atoms in total. The lowest BCUT2D eigenvalue weighted by atomic mass is 10.1. The van der Waals surface area contributed by atoms with Gasteiger partial charge in [0.15, 0.2) is 5.71 Å². The molecule has 0 unspecified atom stereocenters. The molecular formula is C15H25NO3Si2. The Hall–Kier alpha value is -1.41. The Morgan fingerprint density at radius 2 is 1.57 bits per heavy atom. The molecule has 21 heavy (non-hydrogen) atoms. The molecule has 0 amide bonds. The molecule has 116 valence electrons. The number of hydrogen-bond donors (Lipinski definition) is 0. The van der Waals surface area contributed by atoms with Crippen LogP contribution in [0.25, 0.3) is 0 Å². The van der Waals surface area contributed by atoms with Gasteiger partial charge in [0.2, 0.25) is 8.32 Å². The average Bonchev–Trinajstić information content (AvgIpc) is 2.32. The van der Waals surface area contributed by atoms with Crippen molar-refractivity contribution in [3.05, 3.63) is 35.9 Å². The van der Waals surface area contributed by atoms with Gasteiger partial charge in [-0.25, -0.2) is 4.79 Å². The molecule has 1 rings (SSSR count). The maximum atomic E-state index is 12.3. The molecule has 0 bridgehead atoms. The number of hydrogen-bond acceptors (Lipinski definition) is 4. The predicted molar refractivity (Wildman–Crippen MR) is 91.5 cm³/mol. The molecule has 6 heteroatoms. The predicted octanol–water partition coefficient (Wildman–Crippen LogP) is 3.81. The monoisotopic (exact) mass is 323 g/mol. The van der Waals surface area contributed by atoms with Gasteiger partial charge < -0.3 is 8.95 Å². The van der Waals surface area contributed by atoms with E-state index in [-0.39, 0.29) is 5.97 Å². The van der Waals surface area contributed by atoms with Crippen molar-refractivity contribution >= 4 is 28.3 Å². The first-order valence-corrected chi connectivity index (χ1v) is 13.9. The van der Waals surface area contributed by atoms with Crippen LogP contribution < -0.4 is 0 Å². The van der Waals surface area contributed by atoms with Crippen molar-refractivity contribution in [1.82, 2.24) is 0 Å². The highest BCUT2D eigenvalue weighted by atomic mass is 28.4. The molecule has 0 radical (unpaired) electrons. The lowest BCUT2D eigenvalue weighted by Crippen LogP contribution is -2.34. The lowest BCUT2D eigenvalue weighted by Gasteiger charge is -2.19. The fraction of sp³-hybridized carbons (Fsp3) is 0.467. The second-order valence-electron chi connectivity index (χ2n) is 6.91. The third-order valence-electron chi connectivity index (χ3n) is 2.28. The first kappa shape index (κ1) is 17.6. The van der Waals surface area contributed by atoms with Gasteiger partial charge in [-0.1, -0.05) is 35.5 Å². The first-order chi connectivity index (χ1) is 9.57. The largest absolute Gasteiger partial charge is 0.515 e. The topological polar surface area (TPSA) is 47.9 Å². The molecule has 0 heterocycles. The van der Waals surface area contributed by atoms with Gasteiger partial charge in [-0.2, -0.15) is 0 Å². The molecule has 1 aromatic carbocycles. The zero-order chi connectivity index (χ0) is 16.1. The van der Waals surface area contributed by atoms with E-state index in [0.717, 1.165) is 5.56 Å². The Morgan fingerprint density at radius 3 is 2.05 bits per heavy atom. The Balaban J connectivity index is 2.92. The minimum atomic E-state index is -1.95. The van der Waals surface area contributed by atoms with Crippen molar-refractivity contribution in [3.8, 4) is 0 Å². The van der Waals surface area contributed by atoms with Gasteiger partial charge in [0.1, 0.15) is 0 Å². The Labute approximate surface area is 129 Å². The number of carbonyl (C=O) groups is 1. The third kappa shape index (κ3) is 7.82. The molecule has 0 aromatic heterocycles. The van der Waals surface area contributed by atoms with Crippen LogP contribution in [-0.2, 0) is 20.2 Å². The molecule has 0 aliphatic rings. The molecule has 0 saturated heterocycles. The molecule has 1 aromatic rings. The molecule has 0 N–H and O–H groups in total. The molecule has 0 fully saturated rings. The van der Waals surface area contributed by atoms with Gasteiger partial charge in [-0.05, 0) is 44.8 Å². The Kier molecular flexibility index (Phi) is 5.91. The first-order valence-electron chi connectivity index (χ1n) is 7.09. The summed E-state index contributed by atoms with van der Waals surface area (Å²) < 4.78 is 11.1. The molecule has 0 atom stereocenters. The number of nitrogens with zero attached hydrogens (tertiary/aromatic N) is 1.